The van der Waals surface area contributed by atoms with Crippen molar-refractivity contribution < 1.29 is 19.1 Å². The molecule has 4 atom stereocenters. The van der Waals surface area contributed by atoms with Crippen LogP contribution in [-0.2, 0) is 4.79 Å². The van der Waals surface area contributed by atoms with Gasteiger partial charge < -0.3 is 25.4 Å². The van der Waals surface area contributed by atoms with Gasteiger partial charge in [0.2, 0.25) is 5.91 Å². The molecule has 3 N–H and O–H groups in total. The maximum atomic E-state index is 13.6. The summed E-state index contributed by atoms with van der Waals surface area (Å²) in [5, 5.41) is 3.44. The predicted molar refractivity (Wildman–Crippen MR) is 144 cm³/mol. The number of urea groups is 1. The molecule has 3 heterocycles. The largest absolute Gasteiger partial charge is 0.497 e. The number of fused-ring (bicyclic) bond motifs is 2. The Balaban J connectivity index is 0.968. The van der Waals surface area contributed by atoms with Crippen LogP contribution in [-0.4, -0.2) is 58.1 Å². The highest BCUT2D eigenvalue weighted by Gasteiger charge is 2.58. The van der Waals surface area contributed by atoms with Crippen LogP contribution in [0, 0.1) is 23.2 Å². The molecule has 0 spiro atoms. The van der Waals surface area contributed by atoms with Crippen molar-refractivity contribution in [2.75, 3.05) is 7.11 Å². The van der Waals surface area contributed by atoms with Crippen molar-refractivity contribution >= 4 is 11.9 Å². The lowest BCUT2D eigenvalue weighted by Crippen LogP contribution is -2.64. The monoisotopic (exact) mass is 531 g/mol. The minimum atomic E-state index is -0.332. The predicted octanol–water partition coefficient (Wildman–Crippen LogP) is 3.92. The first-order valence-electron chi connectivity index (χ1n) is 14.4. The Morgan fingerprint density at radius 2 is 1.59 bits per heavy atom. The van der Waals surface area contributed by atoms with Crippen molar-refractivity contribution in [2.24, 2.45) is 28.9 Å². The van der Waals surface area contributed by atoms with Gasteiger partial charge in [-0.2, -0.15) is 0 Å². The van der Waals surface area contributed by atoms with E-state index in [1.807, 2.05) is 24.3 Å². The van der Waals surface area contributed by atoms with Gasteiger partial charge in [0.25, 0.3) is 0 Å². The summed E-state index contributed by atoms with van der Waals surface area (Å²) in [6.45, 7) is 0. The first-order valence-corrected chi connectivity index (χ1v) is 14.4. The molecule has 0 radical (unpaired) electrons. The SMILES string of the molecule is COc1ccc(-c2cnc(OC3CC4CCC(C3)N4C(=O)NC3C4CC5CC3CC(C(N)=O)(C5)C4)nc2)cc1. The molecule has 6 fully saturated rings. The number of ether oxygens (including phenoxy) is 2. The fourth-order valence-corrected chi connectivity index (χ4v) is 8.79. The topological polar surface area (TPSA) is 120 Å². The molecule has 6 aliphatic rings. The quantitative estimate of drug-likeness (QED) is 0.583. The summed E-state index contributed by atoms with van der Waals surface area (Å²) in [4.78, 5) is 36.9. The molecule has 2 saturated heterocycles. The molecular formula is C30H37N5O4. The summed E-state index contributed by atoms with van der Waals surface area (Å²) in [5.41, 5.74) is 7.46. The highest BCUT2D eigenvalue weighted by molar-refractivity contribution is 5.81. The zero-order valence-corrected chi connectivity index (χ0v) is 22.4. The van der Waals surface area contributed by atoms with Crippen molar-refractivity contribution in [2.45, 2.75) is 82.0 Å². The maximum absolute atomic E-state index is 13.6. The van der Waals surface area contributed by atoms with E-state index >= 15 is 0 Å². The lowest BCUT2D eigenvalue weighted by Gasteiger charge is -2.59. The molecule has 2 aliphatic heterocycles. The Morgan fingerprint density at radius 1 is 0.949 bits per heavy atom. The zero-order valence-electron chi connectivity index (χ0n) is 22.4. The Kier molecular flexibility index (Phi) is 5.93. The Hall–Kier alpha value is -3.36. The molecule has 206 valence electrons. The van der Waals surface area contributed by atoms with E-state index in [-0.39, 0.29) is 41.6 Å². The Labute approximate surface area is 228 Å². The maximum Gasteiger partial charge on any atom is 0.318 e. The second-order valence-corrected chi connectivity index (χ2v) is 12.6. The van der Waals surface area contributed by atoms with E-state index in [0.717, 1.165) is 74.7 Å². The highest BCUT2D eigenvalue weighted by atomic mass is 16.5. The van der Waals surface area contributed by atoms with Crippen molar-refractivity contribution in [1.82, 2.24) is 20.2 Å². The first kappa shape index (κ1) is 24.7. The van der Waals surface area contributed by atoms with Gasteiger partial charge in [-0.05, 0) is 80.4 Å². The number of amides is 3. The van der Waals surface area contributed by atoms with E-state index in [4.69, 9.17) is 15.2 Å². The average molecular weight is 532 g/mol. The number of methoxy groups -OCH3 is 1. The summed E-state index contributed by atoms with van der Waals surface area (Å²) < 4.78 is 11.4. The fourth-order valence-electron chi connectivity index (χ4n) is 8.79. The molecule has 4 unspecified atom stereocenters. The molecule has 39 heavy (non-hydrogen) atoms. The number of nitrogens with one attached hydrogen (secondary N) is 1. The number of hydrogen-bond acceptors (Lipinski definition) is 6. The molecule has 9 nitrogen and oxygen atoms in total. The normalized spacial score (nSPS) is 36.0. The van der Waals surface area contributed by atoms with E-state index in [0.29, 0.717) is 23.8 Å². The number of carbonyl (C=O) groups excluding carboxylic acids is 2. The van der Waals surface area contributed by atoms with Crippen LogP contribution in [0.15, 0.2) is 36.7 Å². The van der Waals surface area contributed by atoms with Crippen LogP contribution in [0.1, 0.15) is 57.8 Å². The van der Waals surface area contributed by atoms with Gasteiger partial charge >= 0.3 is 12.0 Å². The van der Waals surface area contributed by atoms with Crippen LogP contribution in [0.4, 0.5) is 4.79 Å². The van der Waals surface area contributed by atoms with Crippen molar-refractivity contribution in [3.8, 4) is 22.9 Å². The minimum absolute atomic E-state index is 0.00464. The van der Waals surface area contributed by atoms with Crippen LogP contribution in [0.3, 0.4) is 0 Å². The fraction of sp³-hybridized carbons (Fsp3) is 0.600. The van der Waals surface area contributed by atoms with Gasteiger partial charge in [0.1, 0.15) is 11.9 Å². The second-order valence-electron chi connectivity index (χ2n) is 12.6. The van der Waals surface area contributed by atoms with Crippen LogP contribution in [0.5, 0.6) is 11.8 Å². The minimum Gasteiger partial charge on any atom is -0.497 e. The summed E-state index contributed by atoms with van der Waals surface area (Å²) in [5.74, 6) is 1.99. The van der Waals surface area contributed by atoms with Gasteiger partial charge in [0.15, 0.2) is 0 Å². The molecule has 6 bridgehead atoms. The number of benzene rings is 1. The van der Waals surface area contributed by atoms with Gasteiger partial charge in [-0.3, -0.25) is 4.79 Å². The summed E-state index contributed by atoms with van der Waals surface area (Å²) in [6.07, 6.45) is 12.0. The number of carbonyl (C=O) groups is 2. The van der Waals surface area contributed by atoms with Crippen LogP contribution < -0.4 is 20.5 Å². The van der Waals surface area contributed by atoms with Crippen molar-refractivity contribution in [1.29, 1.82) is 0 Å². The van der Waals surface area contributed by atoms with E-state index in [2.05, 4.69) is 20.2 Å². The third kappa shape index (κ3) is 4.30. The van der Waals surface area contributed by atoms with E-state index in [9.17, 15) is 9.59 Å². The number of aromatic nitrogens is 2. The lowest BCUT2D eigenvalue weighted by atomic mass is 9.47. The number of rotatable bonds is 6. The van der Waals surface area contributed by atoms with Gasteiger partial charge in [0, 0.05) is 54.3 Å². The van der Waals surface area contributed by atoms with Crippen LogP contribution in [0.2, 0.25) is 0 Å². The Morgan fingerprint density at radius 3 is 2.18 bits per heavy atom. The molecular weight excluding hydrogens is 494 g/mol. The highest BCUT2D eigenvalue weighted by Crippen LogP contribution is 2.60. The molecule has 1 aromatic carbocycles. The molecule has 4 saturated carbocycles. The average Bonchev–Trinajstić information content (AvgIpc) is 3.21. The zero-order chi connectivity index (χ0) is 26.7. The molecule has 1 aromatic heterocycles. The van der Waals surface area contributed by atoms with E-state index < -0.39 is 0 Å². The van der Waals surface area contributed by atoms with Gasteiger partial charge in [0.05, 0.1) is 7.11 Å². The van der Waals surface area contributed by atoms with Crippen molar-refractivity contribution in [3.63, 3.8) is 0 Å². The van der Waals surface area contributed by atoms with Gasteiger partial charge in [-0.15, -0.1) is 0 Å². The number of nitrogens with zero attached hydrogens (tertiary/aromatic N) is 3. The lowest BCUT2D eigenvalue weighted by molar-refractivity contribution is -0.145. The molecule has 2 aromatic rings. The molecule has 8 rings (SSSR count). The Bertz CT molecular complexity index is 1220. The third-order valence-electron chi connectivity index (χ3n) is 10.3. The second kappa shape index (κ2) is 9.38. The summed E-state index contributed by atoms with van der Waals surface area (Å²) >= 11 is 0. The molecule has 3 amide bonds. The third-order valence-corrected chi connectivity index (χ3v) is 10.3. The number of hydrogen-bond donors (Lipinski definition) is 2. The van der Waals surface area contributed by atoms with Gasteiger partial charge in [-0.25, -0.2) is 14.8 Å². The first-order chi connectivity index (χ1) is 18.9. The molecule has 9 heteroatoms. The number of primary amides is 1. The molecule has 4 aliphatic carbocycles. The summed E-state index contributed by atoms with van der Waals surface area (Å²) in [7, 11) is 1.65. The van der Waals surface area contributed by atoms with Crippen LogP contribution >= 0.6 is 0 Å². The van der Waals surface area contributed by atoms with Crippen molar-refractivity contribution in [3.05, 3.63) is 36.7 Å². The standard InChI is InChI=1S/C30H37N5O4/c1-38-24-6-2-18(3-7-24)21-15-32-28(33-16-21)39-25-10-22-4-5-23(11-25)35(22)29(37)34-26-19-8-17-9-20(26)14-30(12-17,13-19)27(31)36/h2-3,6-7,15-17,19-20,22-23,25-26H,4-5,8-14H2,1H3,(H2,31,36)(H,34,37). The van der Waals surface area contributed by atoms with Crippen LogP contribution in [0.25, 0.3) is 11.1 Å². The van der Waals surface area contributed by atoms with E-state index in [1.54, 1.807) is 19.5 Å². The number of piperidine rings is 1. The summed E-state index contributed by atoms with van der Waals surface area (Å²) in [6, 6.07) is 8.73. The van der Waals surface area contributed by atoms with E-state index in [1.165, 1.54) is 0 Å². The smallest absolute Gasteiger partial charge is 0.318 e. The number of nitrogens with two attached hydrogens (primary N) is 1. The van der Waals surface area contributed by atoms with Gasteiger partial charge in [-0.1, -0.05) is 12.1 Å².